The first-order valence-electron chi connectivity index (χ1n) is 14.2. The lowest BCUT2D eigenvalue weighted by Gasteiger charge is -2.22. The molecule has 0 radical (unpaired) electrons. The van der Waals surface area contributed by atoms with E-state index < -0.39 is 23.9 Å². The van der Waals surface area contributed by atoms with E-state index in [4.69, 9.17) is 14.2 Å². The molecule has 1 N–H and O–H groups in total. The zero-order valence-electron chi connectivity index (χ0n) is 26.7. The number of esters is 2. The largest absolute Gasteiger partial charge is 0.493 e. The molecule has 0 aliphatic heterocycles. The van der Waals surface area contributed by atoms with E-state index in [2.05, 4.69) is 76.1 Å². The summed E-state index contributed by atoms with van der Waals surface area (Å²) in [6, 6.07) is 16.9. The van der Waals surface area contributed by atoms with Gasteiger partial charge in [0.15, 0.2) is 11.4 Å². The van der Waals surface area contributed by atoms with E-state index in [1.165, 1.54) is 44.3 Å². The molecule has 3 rings (SSSR count). The first-order chi connectivity index (χ1) is 20.0. The smallest absolute Gasteiger partial charge is 0.333 e. The summed E-state index contributed by atoms with van der Waals surface area (Å²) in [5.41, 5.74) is 4.69. The number of nitrogens with one attached hydrogen (secondary N) is 1. The van der Waals surface area contributed by atoms with Gasteiger partial charge in [0.05, 0.1) is 7.11 Å². The third-order valence-corrected chi connectivity index (χ3v) is 6.94. The zero-order chi connectivity index (χ0) is 32.1. The molecular formula is C35H42N2O6. The molecule has 1 amide bonds. The summed E-state index contributed by atoms with van der Waals surface area (Å²) >= 11 is 0. The third kappa shape index (κ3) is 8.31. The van der Waals surface area contributed by atoms with Crippen molar-refractivity contribution in [2.24, 2.45) is 0 Å². The molecule has 1 atom stereocenters. The topological polar surface area (TPSA) is 104 Å². The molecule has 0 saturated heterocycles. The number of amides is 1. The van der Waals surface area contributed by atoms with Crippen molar-refractivity contribution < 1.29 is 28.6 Å². The van der Waals surface area contributed by atoms with Crippen LogP contribution in [0.1, 0.15) is 95.1 Å². The van der Waals surface area contributed by atoms with Gasteiger partial charge in [0.25, 0.3) is 5.91 Å². The van der Waals surface area contributed by atoms with Crippen LogP contribution in [-0.2, 0) is 25.2 Å². The summed E-state index contributed by atoms with van der Waals surface area (Å²) < 4.78 is 16.2. The Morgan fingerprint density at radius 1 is 0.791 bits per heavy atom. The standard InChI is InChI=1S/C35H42N2O6/c1-21(37-32(39)30-31(43-23(3)38)28(41-10)19-20-36-30)33(40)42-22(2)29(24-11-15-26(16-12-24)34(4,5)6)25-13-17-27(18-14-25)35(7,8)9/h11-21H,1-10H3,(H,37,39)/t21-/m0/s1. The van der Waals surface area contributed by atoms with Crippen LogP contribution in [0.25, 0.3) is 5.57 Å². The van der Waals surface area contributed by atoms with Crippen molar-refractivity contribution in [3.8, 4) is 11.5 Å². The molecule has 0 unspecified atom stereocenters. The molecule has 0 aliphatic carbocycles. The van der Waals surface area contributed by atoms with E-state index >= 15 is 0 Å². The number of benzene rings is 2. The number of ether oxygens (including phenoxy) is 3. The van der Waals surface area contributed by atoms with Crippen LogP contribution in [0.4, 0.5) is 0 Å². The maximum atomic E-state index is 13.2. The molecule has 1 aromatic heterocycles. The second-order valence-electron chi connectivity index (χ2n) is 12.5. The number of allylic oxidation sites excluding steroid dienone is 1. The Hall–Kier alpha value is -4.46. The Labute approximate surface area is 254 Å². The minimum absolute atomic E-state index is 0.0150. The SMILES string of the molecule is COc1ccnc(C(=O)N[C@@H](C)C(=O)OC(C)=C(c2ccc(C(C)(C)C)cc2)c2ccc(C(C)(C)C)cc2)c1OC(C)=O. The van der Waals surface area contributed by atoms with Gasteiger partial charge in [0.2, 0.25) is 5.75 Å². The Kier molecular flexibility index (Phi) is 10.2. The molecule has 0 saturated carbocycles. The molecule has 228 valence electrons. The number of aromatic nitrogens is 1. The molecule has 0 aliphatic rings. The van der Waals surface area contributed by atoms with Gasteiger partial charge in [-0.05, 0) is 46.9 Å². The minimum Gasteiger partial charge on any atom is -0.493 e. The predicted molar refractivity (Wildman–Crippen MR) is 167 cm³/mol. The molecule has 1 heterocycles. The monoisotopic (exact) mass is 586 g/mol. The summed E-state index contributed by atoms with van der Waals surface area (Å²) in [5.74, 6) is -1.63. The summed E-state index contributed by atoms with van der Waals surface area (Å²) in [7, 11) is 1.38. The van der Waals surface area contributed by atoms with Crippen molar-refractivity contribution in [2.75, 3.05) is 7.11 Å². The van der Waals surface area contributed by atoms with Gasteiger partial charge in [-0.25, -0.2) is 9.78 Å². The summed E-state index contributed by atoms with van der Waals surface area (Å²) in [4.78, 5) is 42.0. The van der Waals surface area contributed by atoms with Crippen LogP contribution in [0, 0.1) is 0 Å². The minimum atomic E-state index is -1.05. The number of nitrogens with zero attached hydrogens (tertiary/aromatic N) is 1. The molecule has 0 bridgehead atoms. The van der Waals surface area contributed by atoms with Crippen LogP contribution in [0.3, 0.4) is 0 Å². The highest BCUT2D eigenvalue weighted by molar-refractivity contribution is 5.98. The Bertz CT molecular complexity index is 1450. The molecule has 2 aromatic carbocycles. The van der Waals surface area contributed by atoms with Crippen LogP contribution in [0.15, 0.2) is 66.6 Å². The first kappa shape index (κ1) is 33.0. The summed E-state index contributed by atoms with van der Waals surface area (Å²) in [5, 5.41) is 2.59. The van der Waals surface area contributed by atoms with Gasteiger partial charge in [0.1, 0.15) is 11.8 Å². The Morgan fingerprint density at radius 3 is 1.70 bits per heavy atom. The molecule has 8 heteroatoms. The predicted octanol–water partition coefficient (Wildman–Crippen LogP) is 6.75. The van der Waals surface area contributed by atoms with E-state index in [0.29, 0.717) is 5.76 Å². The fourth-order valence-electron chi connectivity index (χ4n) is 4.46. The van der Waals surface area contributed by atoms with Gasteiger partial charge in [-0.2, -0.15) is 0 Å². The van der Waals surface area contributed by atoms with Crippen LogP contribution < -0.4 is 14.8 Å². The Morgan fingerprint density at radius 2 is 1.28 bits per heavy atom. The lowest BCUT2D eigenvalue weighted by Crippen LogP contribution is -2.40. The average Bonchev–Trinajstić information content (AvgIpc) is 2.92. The average molecular weight is 587 g/mol. The second kappa shape index (κ2) is 13.2. The van der Waals surface area contributed by atoms with Crippen molar-refractivity contribution in [3.63, 3.8) is 0 Å². The van der Waals surface area contributed by atoms with Gasteiger partial charge in [-0.1, -0.05) is 90.1 Å². The van der Waals surface area contributed by atoms with Crippen molar-refractivity contribution in [3.05, 3.63) is 94.5 Å². The fraction of sp³-hybridized carbons (Fsp3) is 0.371. The first-order valence-corrected chi connectivity index (χ1v) is 14.2. The highest BCUT2D eigenvalue weighted by Gasteiger charge is 2.26. The lowest BCUT2D eigenvalue weighted by molar-refractivity contribution is -0.141. The van der Waals surface area contributed by atoms with E-state index in [1.807, 2.05) is 24.3 Å². The number of rotatable bonds is 8. The van der Waals surface area contributed by atoms with Crippen LogP contribution in [-0.4, -0.2) is 36.0 Å². The maximum absolute atomic E-state index is 13.2. The number of pyridine rings is 1. The molecule has 43 heavy (non-hydrogen) atoms. The quantitative estimate of drug-likeness (QED) is 0.230. The summed E-state index contributed by atoms with van der Waals surface area (Å²) in [6.45, 7) is 17.4. The third-order valence-electron chi connectivity index (χ3n) is 6.94. The fourth-order valence-corrected chi connectivity index (χ4v) is 4.46. The zero-order valence-corrected chi connectivity index (χ0v) is 26.7. The molecule has 0 fully saturated rings. The highest BCUT2D eigenvalue weighted by Crippen LogP contribution is 2.33. The summed E-state index contributed by atoms with van der Waals surface area (Å²) in [6.07, 6.45) is 1.35. The van der Waals surface area contributed by atoms with Crippen molar-refractivity contribution in [1.29, 1.82) is 0 Å². The maximum Gasteiger partial charge on any atom is 0.333 e. The van der Waals surface area contributed by atoms with Gasteiger partial charge in [0, 0.05) is 24.8 Å². The van der Waals surface area contributed by atoms with E-state index in [-0.39, 0.29) is 28.0 Å². The van der Waals surface area contributed by atoms with Crippen LogP contribution in [0.5, 0.6) is 11.5 Å². The van der Waals surface area contributed by atoms with E-state index in [9.17, 15) is 14.4 Å². The van der Waals surface area contributed by atoms with E-state index in [1.54, 1.807) is 6.92 Å². The Balaban J connectivity index is 1.94. The number of hydrogen-bond donors (Lipinski definition) is 1. The molecule has 0 spiro atoms. The highest BCUT2D eigenvalue weighted by atomic mass is 16.6. The normalized spacial score (nSPS) is 12.1. The van der Waals surface area contributed by atoms with Crippen molar-refractivity contribution >= 4 is 23.4 Å². The van der Waals surface area contributed by atoms with Crippen LogP contribution in [0.2, 0.25) is 0 Å². The van der Waals surface area contributed by atoms with Gasteiger partial charge >= 0.3 is 11.9 Å². The number of hydrogen-bond acceptors (Lipinski definition) is 7. The molecule has 8 nitrogen and oxygen atoms in total. The van der Waals surface area contributed by atoms with Gasteiger partial charge < -0.3 is 19.5 Å². The van der Waals surface area contributed by atoms with E-state index in [0.717, 1.165) is 16.7 Å². The van der Waals surface area contributed by atoms with Crippen molar-refractivity contribution in [1.82, 2.24) is 10.3 Å². The number of carbonyl (C=O) groups is 3. The van der Waals surface area contributed by atoms with Gasteiger partial charge in [-0.3, -0.25) is 9.59 Å². The lowest BCUT2D eigenvalue weighted by atomic mass is 9.84. The number of methoxy groups -OCH3 is 1. The van der Waals surface area contributed by atoms with Gasteiger partial charge in [-0.15, -0.1) is 0 Å². The molecular weight excluding hydrogens is 544 g/mol. The second-order valence-corrected chi connectivity index (χ2v) is 12.5. The van der Waals surface area contributed by atoms with Crippen molar-refractivity contribution in [2.45, 2.75) is 79.2 Å². The number of carbonyl (C=O) groups excluding carboxylic acids is 3. The molecule has 3 aromatic rings. The van der Waals surface area contributed by atoms with Crippen LogP contribution >= 0.6 is 0 Å².